The van der Waals surface area contributed by atoms with Gasteiger partial charge in [0.2, 0.25) is 5.91 Å². The molecule has 1 unspecified atom stereocenters. The van der Waals surface area contributed by atoms with Crippen LogP contribution in [-0.2, 0) is 30.3 Å². The predicted octanol–water partition coefficient (Wildman–Crippen LogP) is 1.72. The van der Waals surface area contributed by atoms with Gasteiger partial charge in [0.05, 0.1) is 18.6 Å². The molecule has 12 heteroatoms. The molecule has 2 aliphatic rings. The zero-order chi connectivity index (χ0) is 32.9. The van der Waals surface area contributed by atoms with E-state index in [0.717, 1.165) is 37.4 Å². The van der Waals surface area contributed by atoms with E-state index in [1.807, 2.05) is 18.2 Å². The molecule has 2 aromatic carbocycles. The Morgan fingerprint density at radius 3 is 2.46 bits per heavy atom. The molecule has 2 bridgehead atoms. The molecule has 0 aliphatic carbocycles. The minimum Gasteiger partial charge on any atom is -0.484 e. The lowest BCUT2D eigenvalue weighted by Crippen LogP contribution is -2.49. The molecule has 3 amide bonds. The van der Waals surface area contributed by atoms with Crippen molar-refractivity contribution in [1.82, 2.24) is 20.4 Å². The van der Waals surface area contributed by atoms with Gasteiger partial charge in [0, 0.05) is 70.8 Å². The van der Waals surface area contributed by atoms with E-state index in [1.54, 1.807) is 44.4 Å². The lowest BCUT2D eigenvalue weighted by Gasteiger charge is -2.34. The number of nitrogens with one attached hydrogen (secondary N) is 2. The normalized spacial score (nSPS) is 20.3. The van der Waals surface area contributed by atoms with Crippen LogP contribution in [0.4, 0.5) is 5.69 Å². The van der Waals surface area contributed by atoms with Crippen LogP contribution >= 0.6 is 0 Å². The first-order valence-corrected chi connectivity index (χ1v) is 16.0. The summed E-state index contributed by atoms with van der Waals surface area (Å²) in [5, 5.41) is 5.70. The van der Waals surface area contributed by atoms with Gasteiger partial charge in [-0.25, -0.2) is 0 Å². The number of esters is 1. The van der Waals surface area contributed by atoms with Crippen LogP contribution in [0.1, 0.15) is 35.7 Å². The van der Waals surface area contributed by atoms with Crippen LogP contribution in [0.5, 0.6) is 5.75 Å². The summed E-state index contributed by atoms with van der Waals surface area (Å²) in [6.45, 7) is 5.89. The molecule has 1 atom stereocenters. The van der Waals surface area contributed by atoms with Gasteiger partial charge in [-0.05, 0) is 75.2 Å². The van der Waals surface area contributed by atoms with Gasteiger partial charge < -0.3 is 39.5 Å². The molecule has 0 spiro atoms. The maximum atomic E-state index is 13.7. The smallest absolute Gasteiger partial charge is 0.314 e. The summed E-state index contributed by atoms with van der Waals surface area (Å²) < 4.78 is 16.6. The molecule has 250 valence electrons. The number of likely N-dealkylation sites (N-methyl/N-ethyl adjacent to an activating group) is 1. The minimum atomic E-state index is -1.09. The van der Waals surface area contributed by atoms with Crippen molar-refractivity contribution in [3.8, 4) is 5.75 Å². The minimum absolute atomic E-state index is 0.0119. The number of amides is 3. The van der Waals surface area contributed by atoms with Crippen molar-refractivity contribution in [2.24, 2.45) is 5.41 Å². The largest absolute Gasteiger partial charge is 0.484 e. The molecular formula is C34H47N5O7. The van der Waals surface area contributed by atoms with Gasteiger partial charge in [0.25, 0.3) is 11.8 Å². The summed E-state index contributed by atoms with van der Waals surface area (Å²) in [7, 11) is 3.70. The Morgan fingerprint density at radius 2 is 1.74 bits per heavy atom. The first-order chi connectivity index (χ1) is 22.2. The number of piperazine rings is 1. The van der Waals surface area contributed by atoms with Gasteiger partial charge in [-0.3, -0.25) is 19.2 Å². The first-order valence-electron chi connectivity index (χ1n) is 16.0. The van der Waals surface area contributed by atoms with Crippen LogP contribution < -0.4 is 20.3 Å². The Kier molecular flexibility index (Phi) is 12.8. The van der Waals surface area contributed by atoms with E-state index in [2.05, 4.69) is 27.5 Å². The number of benzene rings is 2. The van der Waals surface area contributed by atoms with Crippen LogP contribution in [0.2, 0.25) is 0 Å². The molecule has 0 radical (unpaired) electrons. The molecule has 2 aromatic rings. The number of hydrogen-bond acceptors (Lipinski definition) is 9. The zero-order valence-electron chi connectivity index (χ0n) is 27.2. The summed E-state index contributed by atoms with van der Waals surface area (Å²) in [4.78, 5) is 59.3. The third kappa shape index (κ3) is 9.67. The molecule has 4 rings (SSSR count). The highest BCUT2D eigenvalue weighted by Gasteiger charge is 2.40. The molecule has 12 nitrogen and oxygen atoms in total. The highest BCUT2D eigenvalue weighted by atomic mass is 16.5. The standard InChI is InChI=1S/C34H47N5O7/c1-4-45-33(43)34(13-6-20-44-3)22-26-7-5-8-29(21-26)46-24-31(41)35-14-15-39(23-30(40)36-25-34)32(42)27-9-11-28(12-10-27)38-18-16-37(2)17-19-38/h5,7-12,21H,4,6,13-20,22-25H2,1-3H3,(H,35,41)(H,36,40). The molecule has 1 fully saturated rings. The fourth-order valence-corrected chi connectivity index (χ4v) is 5.80. The lowest BCUT2D eigenvalue weighted by atomic mass is 9.77. The fraction of sp³-hybridized carbons (Fsp3) is 0.529. The average Bonchev–Trinajstić information content (AvgIpc) is 3.06. The Hall–Kier alpha value is -4.16. The van der Waals surface area contributed by atoms with Crippen molar-refractivity contribution in [3.63, 3.8) is 0 Å². The molecule has 0 saturated carbocycles. The predicted molar refractivity (Wildman–Crippen MR) is 174 cm³/mol. The number of ether oxygens (including phenoxy) is 3. The van der Waals surface area contributed by atoms with Crippen LogP contribution in [0.3, 0.4) is 0 Å². The quantitative estimate of drug-likeness (QED) is 0.328. The Bertz CT molecular complexity index is 1330. The Balaban J connectivity index is 1.57. The third-order valence-corrected chi connectivity index (χ3v) is 8.46. The lowest BCUT2D eigenvalue weighted by molar-refractivity contribution is -0.156. The number of nitrogens with zero attached hydrogens (tertiary/aromatic N) is 3. The molecule has 1 saturated heterocycles. The Morgan fingerprint density at radius 1 is 0.978 bits per heavy atom. The molecule has 2 heterocycles. The zero-order valence-corrected chi connectivity index (χ0v) is 27.2. The fourth-order valence-electron chi connectivity index (χ4n) is 5.80. The number of carbonyl (C=O) groups excluding carboxylic acids is 4. The molecule has 0 aromatic heterocycles. The van der Waals surface area contributed by atoms with E-state index < -0.39 is 17.3 Å². The van der Waals surface area contributed by atoms with Crippen LogP contribution in [0.15, 0.2) is 48.5 Å². The van der Waals surface area contributed by atoms with Crippen molar-refractivity contribution in [2.75, 3.05) is 91.2 Å². The summed E-state index contributed by atoms with van der Waals surface area (Å²) in [6, 6.07) is 14.6. The third-order valence-electron chi connectivity index (χ3n) is 8.46. The number of hydrogen-bond donors (Lipinski definition) is 2. The van der Waals surface area contributed by atoms with Crippen LogP contribution in [-0.4, -0.2) is 120 Å². The second-order valence-electron chi connectivity index (χ2n) is 11.9. The Labute approximate surface area is 271 Å². The number of fused-ring (bicyclic) bond motifs is 2. The SMILES string of the molecule is CCOC(=O)C1(CCCOC)CNC(=O)CN(C(=O)c2ccc(N3CCN(C)CC3)cc2)CCNC(=O)COc2cccc(c2)C1. The molecule has 2 N–H and O–H groups in total. The molecular weight excluding hydrogens is 590 g/mol. The maximum absolute atomic E-state index is 13.7. The van der Waals surface area contributed by atoms with Crippen molar-refractivity contribution in [3.05, 3.63) is 59.7 Å². The highest BCUT2D eigenvalue weighted by molar-refractivity contribution is 5.97. The van der Waals surface area contributed by atoms with Gasteiger partial charge in [0.1, 0.15) is 5.75 Å². The van der Waals surface area contributed by atoms with E-state index in [4.69, 9.17) is 14.2 Å². The monoisotopic (exact) mass is 637 g/mol. The second-order valence-corrected chi connectivity index (χ2v) is 11.9. The molecule has 46 heavy (non-hydrogen) atoms. The van der Waals surface area contributed by atoms with Gasteiger partial charge >= 0.3 is 5.97 Å². The summed E-state index contributed by atoms with van der Waals surface area (Å²) >= 11 is 0. The van der Waals surface area contributed by atoms with E-state index in [-0.39, 0.29) is 57.6 Å². The number of carbonyl (C=O) groups is 4. The van der Waals surface area contributed by atoms with Crippen molar-refractivity contribution >= 4 is 29.4 Å². The molecule has 2 aliphatic heterocycles. The van der Waals surface area contributed by atoms with Crippen molar-refractivity contribution < 1.29 is 33.4 Å². The number of anilines is 1. The number of rotatable bonds is 8. The number of methoxy groups -OCH3 is 1. The summed E-state index contributed by atoms with van der Waals surface area (Å²) in [5.74, 6) is -1.05. The van der Waals surface area contributed by atoms with Crippen molar-refractivity contribution in [2.45, 2.75) is 26.2 Å². The second kappa shape index (κ2) is 17.0. The van der Waals surface area contributed by atoms with E-state index in [1.165, 1.54) is 4.90 Å². The van der Waals surface area contributed by atoms with E-state index in [0.29, 0.717) is 30.8 Å². The van der Waals surface area contributed by atoms with E-state index >= 15 is 0 Å². The van der Waals surface area contributed by atoms with Crippen LogP contribution in [0.25, 0.3) is 0 Å². The van der Waals surface area contributed by atoms with Gasteiger partial charge in [-0.2, -0.15) is 0 Å². The van der Waals surface area contributed by atoms with Gasteiger partial charge in [0.15, 0.2) is 6.61 Å². The maximum Gasteiger partial charge on any atom is 0.314 e. The summed E-state index contributed by atoms with van der Waals surface area (Å²) in [6.07, 6.45) is 1.23. The highest BCUT2D eigenvalue weighted by Crippen LogP contribution is 2.32. The van der Waals surface area contributed by atoms with Gasteiger partial charge in [-0.15, -0.1) is 0 Å². The van der Waals surface area contributed by atoms with E-state index in [9.17, 15) is 19.2 Å². The van der Waals surface area contributed by atoms with Gasteiger partial charge in [-0.1, -0.05) is 12.1 Å². The first kappa shape index (κ1) is 34.7. The van der Waals surface area contributed by atoms with Crippen molar-refractivity contribution in [1.29, 1.82) is 0 Å². The average molecular weight is 638 g/mol. The summed E-state index contributed by atoms with van der Waals surface area (Å²) in [5.41, 5.74) is 1.18. The van der Waals surface area contributed by atoms with Crippen LogP contribution in [0, 0.1) is 5.41 Å². The topological polar surface area (TPSA) is 130 Å².